The number of halogens is 5. The molecule has 0 unspecified atom stereocenters. The molecule has 3 N–H and O–H groups in total. The van der Waals surface area contributed by atoms with E-state index in [0.717, 1.165) is 10.4 Å². The number of alkyl halides is 3. The number of benzene rings is 1. The number of aryl methyl sites for hydroxylation is 1. The third-order valence-electron chi connectivity index (χ3n) is 4.73. The number of carbonyl (C=O) groups excluding carboxylic acids is 2. The van der Waals surface area contributed by atoms with Gasteiger partial charge in [-0.2, -0.15) is 31.0 Å². The lowest BCUT2D eigenvalue weighted by Gasteiger charge is -2.17. The van der Waals surface area contributed by atoms with Crippen LogP contribution in [0, 0.1) is 6.92 Å². The van der Waals surface area contributed by atoms with Crippen molar-refractivity contribution in [1.29, 1.82) is 0 Å². The average Bonchev–Trinajstić information content (AvgIpc) is 3.25. The molecular weight excluding hydrogens is 562 g/mol. The molecule has 2 aromatic heterocycles. The van der Waals surface area contributed by atoms with Crippen molar-refractivity contribution < 1.29 is 31.2 Å². The highest BCUT2D eigenvalue weighted by Gasteiger charge is 2.37. The highest BCUT2D eigenvalue weighted by molar-refractivity contribution is 7.87. The molecule has 11 nitrogen and oxygen atoms in total. The number of carbonyl (C=O) groups is 2. The second kappa shape index (κ2) is 10.6. The maximum Gasteiger partial charge on any atom is 0.435 e. The Hall–Kier alpha value is -3.24. The van der Waals surface area contributed by atoms with Crippen LogP contribution in [0.15, 0.2) is 36.5 Å². The van der Waals surface area contributed by atoms with E-state index in [4.69, 9.17) is 23.2 Å². The minimum absolute atomic E-state index is 0.0702. The van der Waals surface area contributed by atoms with Crippen LogP contribution >= 0.6 is 23.2 Å². The van der Waals surface area contributed by atoms with E-state index in [1.54, 1.807) is 0 Å². The van der Waals surface area contributed by atoms with E-state index >= 15 is 0 Å². The van der Waals surface area contributed by atoms with Crippen molar-refractivity contribution in [2.45, 2.75) is 13.1 Å². The molecule has 2 heterocycles. The fourth-order valence-electron chi connectivity index (χ4n) is 2.91. The minimum Gasteiger partial charge on any atom is -0.320 e. The third-order valence-corrected chi connectivity index (χ3v) is 6.56. The van der Waals surface area contributed by atoms with Crippen LogP contribution in [0.3, 0.4) is 0 Å². The second-order valence-electron chi connectivity index (χ2n) is 7.58. The molecule has 0 radical (unpaired) electrons. The van der Waals surface area contributed by atoms with E-state index in [1.165, 1.54) is 45.4 Å². The summed E-state index contributed by atoms with van der Waals surface area (Å²) in [7, 11) is -1.62. The molecule has 0 aliphatic carbocycles. The fourth-order valence-corrected chi connectivity index (χ4v) is 3.79. The van der Waals surface area contributed by atoms with Gasteiger partial charge < -0.3 is 5.32 Å². The van der Waals surface area contributed by atoms with Gasteiger partial charge in [0.05, 0.1) is 16.3 Å². The number of hydrazine groups is 1. The Morgan fingerprint density at radius 2 is 1.78 bits per heavy atom. The van der Waals surface area contributed by atoms with Gasteiger partial charge in [-0.15, -0.1) is 4.83 Å². The summed E-state index contributed by atoms with van der Waals surface area (Å²) >= 11 is 12.1. The summed E-state index contributed by atoms with van der Waals surface area (Å²) in [4.78, 5) is 31.7. The first kappa shape index (κ1) is 28.3. The van der Waals surface area contributed by atoms with Crippen molar-refractivity contribution in [3.63, 3.8) is 0 Å². The highest BCUT2D eigenvalue weighted by Crippen LogP contribution is 2.31. The van der Waals surface area contributed by atoms with Crippen molar-refractivity contribution in [2.24, 2.45) is 0 Å². The zero-order valence-corrected chi connectivity index (χ0v) is 21.5. The number of anilines is 1. The van der Waals surface area contributed by atoms with Crippen molar-refractivity contribution in [1.82, 2.24) is 29.3 Å². The predicted molar refractivity (Wildman–Crippen MR) is 129 cm³/mol. The van der Waals surface area contributed by atoms with Crippen LogP contribution in [0.2, 0.25) is 10.0 Å². The molecule has 17 heteroatoms. The second-order valence-corrected chi connectivity index (χ2v) is 10.3. The Labute approximate surface area is 218 Å². The monoisotopic (exact) mass is 579 g/mol. The van der Waals surface area contributed by atoms with Gasteiger partial charge in [-0.25, -0.2) is 9.67 Å². The van der Waals surface area contributed by atoms with E-state index in [1.807, 2.05) is 10.3 Å². The van der Waals surface area contributed by atoms with E-state index < -0.39 is 39.6 Å². The summed E-state index contributed by atoms with van der Waals surface area (Å²) in [6, 6.07) is 5.80. The van der Waals surface area contributed by atoms with E-state index in [0.29, 0.717) is 10.7 Å². The standard InChI is InChI=1S/C20H18Cl2F3N7O4S/c1-10-7-11(21)8-12(18(33)28-30-37(35,36)31(2)3)16(10)27-19(34)14-9-15(20(23,24)25)29-32(14)17-13(22)5-4-6-26-17/h4-9,30H,1-3H3,(H,27,34)(H,28,33). The van der Waals surface area contributed by atoms with Gasteiger partial charge in [-0.05, 0) is 36.8 Å². The molecule has 0 fully saturated rings. The zero-order chi connectivity index (χ0) is 27.7. The first-order valence-corrected chi connectivity index (χ1v) is 12.2. The number of nitrogens with zero attached hydrogens (tertiary/aromatic N) is 4. The molecule has 3 aromatic rings. The van der Waals surface area contributed by atoms with Gasteiger partial charge in [0.25, 0.3) is 22.0 Å². The van der Waals surface area contributed by atoms with Crippen LogP contribution in [-0.4, -0.2) is 53.4 Å². The van der Waals surface area contributed by atoms with Crippen molar-refractivity contribution in [3.8, 4) is 5.82 Å². The van der Waals surface area contributed by atoms with Crippen LogP contribution < -0.4 is 15.6 Å². The molecular formula is C20H18Cl2F3N7O4S. The van der Waals surface area contributed by atoms with Crippen molar-refractivity contribution in [2.75, 3.05) is 19.4 Å². The molecule has 0 saturated heterocycles. The maximum atomic E-state index is 13.4. The van der Waals surface area contributed by atoms with Crippen LogP contribution in [-0.2, 0) is 16.4 Å². The van der Waals surface area contributed by atoms with E-state index in [9.17, 15) is 31.2 Å². The molecule has 0 aliphatic heterocycles. The first-order chi connectivity index (χ1) is 17.1. The van der Waals surface area contributed by atoms with Gasteiger partial charge in [-0.3, -0.25) is 15.0 Å². The molecule has 0 saturated carbocycles. The zero-order valence-electron chi connectivity index (χ0n) is 19.2. The summed E-state index contributed by atoms with van der Waals surface area (Å²) in [6.07, 6.45) is -3.65. The lowest BCUT2D eigenvalue weighted by Crippen LogP contribution is -2.47. The molecule has 0 aliphatic rings. The Bertz CT molecular complexity index is 1480. The summed E-state index contributed by atoms with van der Waals surface area (Å²) in [5.74, 6) is -2.35. The average molecular weight is 580 g/mol. The SMILES string of the molecule is Cc1cc(Cl)cc(C(=O)NNS(=O)(=O)N(C)C)c1NC(=O)c1cc(C(F)(F)F)nn1-c1ncccc1Cl. The minimum atomic E-state index is -4.90. The Balaban J connectivity index is 2.04. The Morgan fingerprint density at radius 1 is 1.11 bits per heavy atom. The topological polar surface area (TPSA) is 138 Å². The Kier molecular flexibility index (Phi) is 8.14. The smallest absolute Gasteiger partial charge is 0.320 e. The molecule has 2 amide bonds. The molecule has 3 rings (SSSR count). The molecule has 0 atom stereocenters. The number of pyridine rings is 1. The highest BCUT2D eigenvalue weighted by atomic mass is 35.5. The molecule has 0 bridgehead atoms. The van der Waals surface area contributed by atoms with Gasteiger partial charge in [0, 0.05) is 31.4 Å². The predicted octanol–water partition coefficient (Wildman–Crippen LogP) is 3.19. The molecule has 37 heavy (non-hydrogen) atoms. The summed E-state index contributed by atoms with van der Waals surface area (Å²) in [5, 5.41) is 5.81. The van der Waals surface area contributed by atoms with Crippen molar-refractivity contribution in [3.05, 3.63) is 69.1 Å². The van der Waals surface area contributed by atoms with Gasteiger partial charge in [-0.1, -0.05) is 23.2 Å². The summed E-state index contributed by atoms with van der Waals surface area (Å²) < 4.78 is 65.5. The van der Waals surface area contributed by atoms with E-state index in [-0.39, 0.29) is 32.7 Å². The first-order valence-electron chi connectivity index (χ1n) is 10.0. The maximum absolute atomic E-state index is 13.4. The molecule has 0 spiro atoms. The molecule has 198 valence electrons. The number of hydrogen-bond donors (Lipinski definition) is 3. The number of hydrogen-bond acceptors (Lipinski definition) is 6. The quantitative estimate of drug-likeness (QED) is 0.367. The van der Waals surface area contributed by atoms with Gasteiger partial charge >= 0.3 is 6.18 Å². The number of aromatic nitrogens is 3. The molecule has 1 aromatic carbocycles. The van der Waals surface area contributed by atoms with Gasteiger partial charge in [0.15, 0.2) is 11.5 Å². The van der Waals surface area contributed by atoms with Crippen LogP contribution in [0.25, 0.3) is 5.82 Å². The fraction of sp³-hybridized carbons (Fsp3) is 0.200. The van der Waals surface area contributed by atoms with Gasteiger partial charge in [0.1, 0.15) is 5.69 Å². The van der Waals surface area contributed by atoms with Crippen LogP contribution in [0.4, 0.5) is 18.9 Å². The number of nitrogens with one attached hydrogen (secondary N) is 3. The largest absolute Gasteiger partial charge is 0.435 e. The van der Waals surface area contributed by atoms with Gasteiger partial charge in [0.2, 0.25) is 0 Å². The van der Waals surface area contributed by atoms with E-state index in [2.05, 4.69) is 15.4 Å². The summed E-state index contributed by atoms with van der Waals surface area (Å²) in [6.45, 7) is 1.47. The number of amides is 2. The van der Waals surface area contributed by atoms with Crippen molar-refractivity contribution >= 4 is 50.9 Å². The van der Waals surface area contributed by atoms with Crippen LogP contribution in [0.1, 0.15) is 32.1 Å². The third kappa shape index (κ3) is 6.37. The Morgan fingerprint density at radius 3 is 2.38 bits per heavy atom. The number of rotatable bonds is 7. The summed E-state index contributed by atoms with van der Waals surface area (Å²) in [5.41, 5.74) is -0.185. The lowest BCUT2D eigenvalue weighted by molar-refractivity contribution is -0.141. The normalized spacial score (nSPS) is 12.0. The van der Waals surface area contributed by atoms with Crippen LogP contribution in [0.5, 0.6) is 0 Å². The lowest BCUT2D eigenvalue weighted by atomic mass is 10.1.